The van der Waals surface area contributed by atoms with Gasteiger partial charge in [0.05, 0.1) is 111 Å². The Labute approximate surface area is 436 Å². The number of benzene rings is 4. The molecule has 16 nitrogen and oxygen atoms in total. The highest BCUT2D eigenvalue weighted by molar-refractivity contribution is 9.10. The van der Waals surface area contributed by atoms with E-state index < -0.39 is 5.41 Å². The minimum Gasteiger partial charge on any atom is -0.487 e. The highest BCUT2D eigenvalue weighted by Crippen LogP contribution is 2.58. The summed E-state index contributed by atoms with van der Waals surface area (Å²) >= 11 is 7.63. The Bertz CT molecular complexity index is 1930. The van der Waals surface area contributed by atoms with Crippen molar-refractivity contribution in [3.63, 3.8) is 0 Å². The van der Waals surface area contributed by atoms with Crippen molar-refractivity contribution in [1.29, 1.82) is 0 Å². The van der Waals surface area contributed by atoms with E-state index in [9.17, 15) is 0 Å². The summed E-state index contributed by atoms with van der Waals surface area (Å²) in [5.74, 6) is 1.65. The Balaban J connectivity index is 1.49. The maximum Gasteiger partial charge on any atom is 0.211 e. The van der Waals surface area contributed by atoms with E-state index >= 15 is 0 Å². The van der Waals surface area contributed by atoms with Crippen LogP contribution in [-0.4, -0.2) is 160 Å². The van der Waals surface area contributed by atoms with Crippen molar-refractivity contribution in [2.75, 3.05) is 160 Å². The monoisotopic (exact) mass is 1120 g/mol. The predicted molar refractivity (Wildman–Crippen MR) is 274 cm³/mol. The van der Waals surface area contributed by atoms with Crippen LogP contribution < -0.4 is 19.2 Å². The lowest BCUT2D eigenvalue weighted by molar-refractivity contribution is -0.236. The summed E-state index contributed by atoms with van der Waals surface area (Å²) < 4.78 is 70.2. The van der Waals surface area contributed by atoms with Gasteiger partial charge in [0.25, 0.3) is 0 Å². The summed E-state index contributed by atoms with van der Waals surface area (Å²) in [5.41, 5.74) is 4.95. The van der Waals surface area contributed by atoms with Crippen LogP contribution in [0.3, 0.4) is 0 Å². The van der Waals surface area contributed by atoms with E-state index in [0.717, 1.165) is 55.2 Å². The van der Waals surface area contributed by atoms with Crippen molar-refractivity contribution >= 4 is 31.9 Å². The van der Waals surface area contributed by atoms with E-state index in [-0.39, 0.29) is 38.8 Å². The molecule has 0 N–H and O–H groups in total. The quantitative estimate of drug-likeness (QED) is 0.0208. The second-order valence-corrected chi connectivity index (χ2v) is 17.7. The molecule has 18 heteroatoms. The van der Waals surface area contributed by atoms with Crippen molar-refractivity contribution in [2.45, 2.75) is 32.1 Å². The molecular formula is C53H72Br2O16. The Kier molecular flexibility index (Phi) is 28.7. The van der Waals surface area contributed by atoms with Crippen molar-refractivity contribution in [3.05, 3.63) is 104 Å². The molecule has 0 saturated carbocycles. The summed E-state index contributed by atoms with van der Waals surface area (Å²) in [4.78, 5) is 23.4. The van der Waals surface area contributed by atoms with E-state index in [4.69, 9.17) is 76.4 Å². The molecule has 0 amide bonds. The molecular weight excluding hydrogens is 1050 g/mol. The molecule has 4 aromatic rings. The fraction of sp³-hybridized carbons (Fsp3) is 0.547. The lowest BCUT2D eigenvalue weighted by Crippen LogP contribution is -2.29. The molecule has 394 valence electrons. The van der Waals surface area contributed by atoms with Crippen LogP contribution in [0.4, 0.5) is 0 Å². The highest BCUT2D eigenvalue weighted by atomic mass is 79.9. The smallest absolute Gasteiger partial charge is 0.211 e. The zero-order valence-electron chi connectivity index (χ0n) is 41.7. The molecule has 5 rings (SSSR count). The second kappa shape index (κ2) is 34.9. The molecule has 0 aliphatic heterocycles. The molecule has 0 aromatic heterocycles. The first-order valence-electron chi connectivity index (χ1n) is 24.3. The van der Waals surface area contributed by atoms with Gasteiger partial charge in [0.15, 0.2) is 11.5 Å². The topological polar surface area (TPSA) is 148 Å². The van der Waals surface area contributed by atoms with Crippen LogP contribution in [0.2, 0.25) is 0 Å². The number of methoxy groups -OCH3 is 2. The summed E-state index contributed by atoms with van der Waals surface area (Å²) in [6.45, 7) is 13.3. The lowest BCUT2D eigenvalue weighted by Gasteiger charge is -2.34. The van der Waals surface area contributed by atoms with Gasteiger partial charge in [-0.2, -0.15) is 9.78 Å². The molecule has 1 aliphatic rings. The van der Waals surface area contributed by atoms with Gasteiger partial charge < -0.3 is 66.6 Å². The van der Waals surface area contributed by atoms with Gasteiger partial charge in [-0.3, -0.25) is 0 Å². The van der Waals surface area contributed by atoms with Crippen LogP contribution >= 0.6 is 31.9 Å². The molecule has 0 fully saturated rings. The van der Waals surface area contributed by atoms with Crippen LogP contribution in [0, 0.1) is 0 Å². The van der Waals surface area contributed by atoms with E-state index in [1.54, 1.807) is 14.2 Å². The lowest BCUT2D eigenvalue weighted by atomic mass is 9.67. The molecule has 1 aliphatic carbocycles. The van der Waals surface area contributed by atoms with E-state index in [2.05, 4.69) is 88.2 Å². The van der Waals surface area contributed by atoms with E-state index in [1.807, 2.05) is 30.3 Å². The maximum atomic E-state index is 6.55. The average molecular weight is 1120 g/mol. The number of fused-ring (bicyclic) bond motifs is 3. The molecule has 0 radical (unpaired) electrons. The molecule has 0 heterocycles. The van der Waals surface area contributed by atoms with Crippen molar-refractivity contribution in [1.82, 2.24) is 0 Å². The van der Waals surface area contributed by atoms with Crippen LogP contribution in [0.5, 0.6) is 23.0 Å². The Morgan fingerprint density at radius 2 is 0.718 bits per heavy atom. The fourth-order valence-corrected chi connectivity index (χ4v) is 8.31. The Hall–Kier alpha value is -3.44. The normalized spacial score (nSPS) is 12.5. The van der Waals surface area contributed by atoms with Crippen LogP contribution in [-0.2, 0) is 62.6 Å². The number of rotatable bonds is 42. The van der Waals surface area contributed by atoms with Gasteiger partial charge in [-0.25, -0.2) is 0 Å². The standard InChI is InChI=1S/C53H72Br2O16/c1-5-15-58-21-23-64-31-35-68-70-50-14-8-42(38-52(50)71-69-36-32-65-24-22-59-16-6-2)53(47-39-43(54)9-11-45(47)46-12-10-44(55)40-48(46)53)41-7-13-49(66-33-29-62-27-25-60-19-17-56-3)51(37-41)67-34-30-63-28-26-61-20-18-57-4/h7-14,37-40H,5-6,15-36H2,1-4H3. The first kappa shape index (κ1) is 58.4. The average Bonchev–Trinajstić information content (AvgIpc) is 3.66. The Morgan fingerprint density at radius 3 is 1.17 bits per heavy atom. The van der Waals surface area contributed by atoms with Gasteiger partial charge in [-0.1, -0.05) is 70.0 Å². The molecule has 4 aromatic carbocycles. The summed E-state index contributed by atoms with van der Waals surface area (Å²) in [5, 5.41) is 0. The summed E-state index contributed by atoms with van der Waals surface area (Å²) in [6.07, 6.45) is 1.89. The van der Waals surface area contributed by atoms with Gasteiger partial charge >= 0.3 is 0 Å². The van der Waals surface area contributed by atoms with Crippen LogP contribution in [0.1, 0.15) is 48.9 Å². The first-order chi connectivity index (χ1) is 35.0. The van der Waals surface area contributed by atoms with E-state index in [0.29, 0.717) is 130 Å². The third-order valence-electron chi connectivity index (χ3n) is 10.8. The minimum absolute atomic E-state index is 0.142. The van der Waals surface area contributed by atoms with Gasteiger partial charge in [0.2, 0.25) is 11.5 Å². The third kappa shape index (κ3) is 19.1. The number of hydrogen-bond donors (Lipinski definition) is 0. The predicted octanol–water partition coefficient (Wildman–Crippen LogP) is 9.20. The second-order valence-electron chi connectivity index (χ2n) is 15.8. The first-order valence-corrected chi connectivity index (χ1v) is 25.9. The zero-order chi connectivity index (χ0) is 50.2. The highest BCUT2D eigenvalue weighted by Gasteiger charge is 2.47. The maximum absolute atomic E-state index is 6.55. The fourth-order valence-electron chi connectivity index (χ4n) is 7.58. The van der Waals surface area contributed by atoms with Gasteiger partial charge in [0, 0.05) is 36.4 Å². The van der Waals surface area contributed by atoms with Gasteiger partial charge in [-0.05, 0) is 94.8 Å². The van der Waals surface area contributed by atoms with Crippen molar-refractivity contribution in [2.24, 2.45) is 0 Å². The van der Waals surface area contributed by atoms with E-state index in [1.165, 1.54) is 0 Å². The van der Waals surface area contributed by atoms with Crippen LogP contribution in [0.15, 0.2) is 81.7 Å². The largest absolute Gasteiger partial charge is 0.487 e. The molecule has 0 atom stereocenters. The van der Waals surface area contributed by atoms with Crippen molar-refractivity contribution in [3.8, 4) is 34.1 Å². The number of hydrogen-bond acceptors (Lipinski definition) is 16. The molecule has 0 unspecified atom stereocenters. The molecule has 0 bridgehead atoms. The van der Waals surface area contributed by atoms with Gasteiger partial charge in [-0.15, -0.1) is 0 Å². The minimum atomic E-state index is -0.955. The summed E-state index contributed by atoms with van der Waals surface area (Å²) in [7, 11) is 3.28. The molecule has 71 heavy (non-hydrogen) atoms. The number of halogens is 2. The number of ether oxygens (including phenoxy) is 12. The van der Waals surface area contributed by atoms with Gasteiger partial charge in [0.1, 0.15) is 26.4 Å². The molecule has 0 spiro atoms. The SMILES string of the molecule is CCCOCCOCCOOc1ccc(C2(c3ccc(OCCOCCOCCOC)c(OCCOCCOCCOC)c3)c3cc(Br)ccc3-c3ccc(Br)cc32)cc1OOCCOCCOCCC. The van der Waals surface area contributed by atoms with Crippen molar-refractivity contribution < 1.29 is 76.4 Å². The van der Waals surface area contributed by atoms with Crippen LogP contribution in [0.25, 0.3) is 11.1 Å². The zero-order valence-corrected chi connectivity index (χ0v) is 44.9. The summed E-state index contributed by atoms with van der Waals surface area (Å²) in [6, 6.07) is 24.5. The third-order valence-corrected chi connectivity index (χ3v) is 11.7. The Morgan fingerprint density at radius 1 is 0.352 bits per heavy atom. The molecule has 0 saturated heterocycles.